The number of aromatic nitrogens is 1. The van der Waals surface area contributed by atoms with Crippen LogP contribution in [-0.2, 0) is 14.3 Å². The van der Waals surface area contributed by atoms with Gasteiger partial charge in [0.05, 0.1) is 47.4 Å². The molecular weight excluding hydrogens is 703 g/mol. The Morgan fingerprint density at radius 2 is 1.43 bits per heavy atom. The zero-order valence-corrected chi connectivity index (χ0v) is 32.5. The summed E-state index contributed by atoms with van der Waals surface area (Å²) in [6.45, 7) is 9.62. The molecule has 0 fully saturated rings. The second-order valence-corrected chi connectivity index (χ2v) is 13.9. The third-order valence-corrected chi connectivity index (χ3v) is 9.60. The van der Waals surface area contributed by atoms with Crippen LogP contribution in [-0.4, -0.2) is 55.5 Å². The maximum Gasteiger partial charge on any atom is 0.343 e. The molecule has 0 radical (unpaired) electrons. The van der Waals surface area contributed by atoms with Gasteiger partial charge in [-0.1, -0.05) is 82.4 Å². The van der Waals surface area contributed by atoms with Gasteiger partial charge in [0, 0.05) is 18.2 Å². The molecule has 3 aromatic carbocycles. The standard InChI is InChI=1S/C43H53N3O7S/c1-4-7-9-15-27-46(43-45-37-19-13-14-20-39(37)54-43)44-32-35-31-34(41(48)52-30-16-10-8-5-2)23-26-38(35)53-42(49)33-21-24-36(25-22-33)50-28-17-11-12-18-29-51-40(47)6-3/h6,13-14,19-26,31-32H,3-5,7-12,15-18,27-30H2,1-2H3/b44-32-. The quantitative estimate of drug-likeness (QED) is 0.0163. The smallest absolute Gasteiger partial charge is 0.343 e. The summed E-state index contributed by atoms with van der Waals surface area (Å²) in [6.07, 6.45) is 14.5. The molecule has 10 nitrogen and oxygen atoms in total. The largest absolute Gasteiger partial charge is 0.494 e. The van der Waals surface area contributed by atoms with Crippen LogP contribution >= 0.6 is 11.3 Å². The first-order valence-electron chi connectivity index (χ1n) is 19.1. The topological polar surface area (TPSA) is 117 Å². The van der Waals surface area contributed by atoms with Crippen molar-refractivity contribution in [3.8, 4) is 11.5 Å². The molecule has 0 saturated carbocycles. The van der Waals surface area contributed by atoms with Gasteiger partial charge in [-0.2, -0.15) is 5.10 Å². The number of thiazole rings is 1. The van der Waals surface area contributed by atoms with Crippen LogP contribution in [0.25, 0.3) is 10.2 Å². The van der Waals surface area contributed by atoms with Crippen molar-refractivity contribution in [3.63, 3.8) is 0 Å². The molecule has 1 aromatic heterocycles. The highest BCUT2D eigenvalue weighted by atomic mass is 32.1. The number of para-hydroxylation sites is 1. The maximum atomic E-state index is 13.4. The second kappa shape index (κ2) is 23.6. The fourth-order valence-electron chi connectivity index (χ4n) is 5.47. The van der Waals surface area contributed by atoms with Crippen molar-refractivity contribution < 1.29 is 33.3 Å². The van der Waals surface area contributed by atoms with E-state index in [1.165, 1.54) is 0 Å². The Balaban J connectivity index is 1.45. The molecule has 288 valence electrons. The summed E-state index contributed by atoms with van der Waals surface area (Å²) in [5.41, 5.74) is 2.06. The average molecular weight is 756 g/mol. The zero-order valence-electron chi connectivity index (χ0n) is 31.6. The van der Waals surface area contributed by atoms with E-state index in [0.29, 0.717) is 48.8 Å². The third-order valence-electron chi connectivity index (χ3n) is 8.55. The summed E-state index contributed by atoms with van der Waals surface area (Å²) in [5.74, 6) is -0.489. The van der Waals surface area contributed by atoms with Crippen molar-refractivity contribution in [3.05, 3.63) is 96.1 Å². The lowest BCUT2D eigenvalue weighted by molar-refractivity contribution is -0.137. The summed E-state index contributed by atoms with van der Waals surface area (Å²) in [5, 5.41) is 7.49. The molecule has 0 saturated heterocycles. The van der Waals surface area contributed by atoms with Crippen LogP contribution in [0, 0.1) is 0 Å². The number of anilines is 1. The summed E-state index contributed by atoms with van der Waals surface area (Å²) >= 11 is 1.57. The number of esters is 3. The molecule has 0 N–H and O–H groups in total. The lowest BCUT2D eigenvalue weighted by Crippen LogP contribution is -2.18. The number of benzene rings is 3. The van der Waals surface area contributed by atoms with Crippen molar-refractivity contribution >= 4 is 50.8 Å². The van der Waals surface area contributed by atoms with Gasteiger partial charge in [-0.15, -0.1) is 0 Å². The lowest BCUT2D eigenvalue weighted by atomic mass is 10.1. The molecule has 4 aromatic rings. The van der Waals surface area contributed by atoms with E-state index in [-0.39, 0.29) is 5.75 Å². The van der Waals surface area contributed by atoms with Crippen LogP contribution in [0.2, 0.25) is 0 Å². The Hall–Kier alpha value is -5.03. The Morgan fingerprint density at radius 1 is 0.759 bits per heavy atom. The minimum atomic E-state index is -0.554. The normalized spacial score (nSPS) is 11.1. The molecule has 0 spiro atoms. The fraction of sp³-hybridized carbons (Fsp3) is 0.419. The minimum absolute atomic E-state index is 0.262. The molecule has 0 atom stereocenters. The lowest BCUT2D eigenvalue weighted by Gasteiger charge is -2.16. The fourth-order valence-corrected chi connectivity index (χ4v) is 6.41. The van der Waals surface area contributed by atoms with E-state index in [4.69, 9.17) is 29.0 Å². The minimum Gasteiger partial charge on any atom is -0.494 e. The molecular formula is C43H53N3O7S. The number of rotatable bonds is 25. The van der Waals surface area contributed by atoms with Crippen molar-refractivity contribution in [1.29, 1.82) is 0 Å². The van der Waals surface area contributed by atoms with E-state index in [2.05, 4.69) is 20.4 Å². The van der Waals surface area contributed by atoms with E-state index in [1.54, 1.807) is 60.0 Å². The molecule has 0 amide bonds. The van der Waals surface area contributed by atoms with E-state index in [9.17, 15) is 14.4 Å². The van der Waals surface area contributed by atoms with Crippen LogP contribution in [0.5, 0.6) is 11.5 Å². The monoisotopic (exact) mass is 755 g/mol. The van der Waals surface area contributed by atoms with Crippen molar-refractivity contribution in [2.75, 3.05) is 31.4 Å². The van der Waals surface area contributed by atoms with Gasteiger partial charge >= 0.3 is 17.9 Å². The first-order chi connectivity index (χ1) is 26.4. The zero-order chi connectivity index (χ0) is 38.4. The van der Waals surface area contributed by atoms with Gasteiger partial charge in [-0.05, 0) is 93.1 Å². The van der Waals surface area contributed by atoms with Gasteiger partial charge in [-0.3, -0.25) is 0 Å². The highest BCUT2D eigenvalue weighted by molar-refractivity contribution is 7.22. The third kappa shape index (κ3) is 14.1. The van der Waals surface area contributed by atoms with Crippen LogP contribution in [0.3, 0.4) is 0 Å². The predicted molar refractivity (Wildman–Crippen MR) is 216 cm³/mol. The Labute approximate surface area is 323 Å². The highest BCUT2D eigenvalue weighted by Gasteiger charge is 2.17. The summed E-state index contributed by atoms with van der Waals surface area (Å²) in [4.78, 5) is 42.4. The van der Waals surface area contributed by atoms with Crippen molar-refractivity contribution in [1.82, 2.24) is 4.98 Å². The van der Waals surface area contributed by atoms with E-state index >= 15 is 0 Å². The first kappa shape index (κ1) is 41.7. The Bertz CT molecular complexity index is 1770. The van der Waals surface area contributed by atoms with Gasteiger partial charge < -0.3 is 18.9 Å². The first-order valence-corrected chi connectivity index (χ1v) is 20.0. The number of hydrogen-bond acceptors (Lipinski definition) is 11. The second-order valence-electron chi connectivity index (χ2n) is 12.9. The summed E-state index contributed by atoms with van der Waals surface area (Å²) in [7, 11) is 0. The van der Waals surface area contributed by atoms with Gasteiger partial charge in [-0.25, -0.2) is 24.4 Å². The molecule has 0 bridgehead atoms. The van der Waals surface area contributed by atoms with E-state index in [0.717, 1.165) is 98.5 Å². The van der Waals surface area contributed by atoms with Crippen molar-refractivity contribution in [2.24, 2.45) is 5.10 Å². The Morgan fingerprint density at radius 3 is 2.15 bits per heavy atom. The molecule has 4 rings (SSSR count). The number of hydrazone groups is 1. The number of nitrogens with zero attached hydrogens (tertiary/aromatic N) is 3. The van der Waals surface area contributed by atoms with Gasteiger partial charge in [0.2, 0.25) is 5.13 Å². The maximum absolute atomic E-state index is 13.4. The van der Waals surface area contributed by atoms with Crippen LogP contribution < -0.4 is 14.5 Å². The number of carbonyl (C=O) groups excluding carboxylic acids is 3. The number of fused-ring (bicyclic) bond motifs is 1. The number of ether oxygens (including phenoxy) is 4. The number of unbranched alkanes of at least 4 members (excludes halogenated alkanes) is 9. The van der Waals surface area contributed by atoms with E-state index < -0.39 is 17.9 Å². The molecule has 54 heavy (non-hydrogen) atoms. The van der Waals surface area contributed by atoms with Crippen molar-refractivity contribution in [2.45, 2.75) is 90.9 Å². The Kier molecular flexibility index (Phi) is 18.2. The molecule has 0 aliphatic carbocycles. The van der Waals surface area contributed by atoms with Crippen LogP contribution in [0.4, 0.5) is 5.13 Å². The summed E-state index contributed by atoms with van der Waals surface area (Å²) < 4.78 is 23.4. The predicted octanol–water partition coefficient (Wildman–Crippen LogP) is 10.3. The van der Waals surface area contributed by atoms with Crippen LogP contribution in [0.1, 0.15) is 117 Å². The molecule has 0 aliphatic heterocycles. The van der Waals surface area contributed by atoms with E-state index in [1.807, 2.05) is 29.3 Å². The summed E-state index contributed by atoms with van der Waals surface area (Å²) in [6, 6.07) is 19.7. The molecule has 11 heteroatoms. The molecule has 0 unspecified atom stereocenters. The highest BCUT2D eigenvalue weighted by Crippen LogP contribution is 2.30. The van der Waals surface area contributed by atoms with Gasteiger partial charge in [0.25, 0.3) is 0 Å². The average Bonchev–Trinajstić information content (AvgIpc) is 3.63. The SMILES string of the molecule is C=CC(=O)OCCCCCCOc1ccc(C(=O)Oc2ccc(C(=O)OCCCCCC)cc2/C=N\N(CCCCCC)c2nc3ccccc3s2)cc1. The number of carbonyl (C=O) groups is 3. The van der Waals surface area contributed by atoms with Gasteiger partial charge in [0.1, 0.15) is 11.5 Å². The van der Waals surface area contributed by atoms with Gasteiger partial charge in [0.15, 0.2) is 0 Å². The molecule has 0 aliphatic rings. The van der Waals surface area contributed by atoms with Crippen LogP contribution in [0.15, 0.2) is 84.5 Å². The molecule has 1 heterocycles. The number of hydrogen-bond donors (Lipinski definition) is 0.